The Hall–Kier alpha value is -3.53. The maximum atomic E-state index is 12.0. The van der Waals surface area contributed by atoms with E-state index in [1.165, 1.54) is 6.08 Å². The number of nitrogens with zero attached hydrogens (tertiary/aromatic N) is 1. The molecule has 5 rings (SSSR count). The van der Waals surface area contributed by atoms with E-state index in [2.05, 4.69) is 35.9 Å². The lowest BCUT2D eigenvalue weighted by atomic mass is 9.89. The molecule has 3 N–H and O–H groups in total. The zero-order chi connectivity index (χ0) is 30.2. The SMILES string of the molecule is C=CCOC(=O)NCc1ccccc1-c1ccc([C@H]2O[C@@H](CN3CCC[C@H]3CO)[C@@H](C)[C@@H](c3ccc(CO)cc3)O2)cc1. The van der Waals surface area contributed by atoms with Crippen molar-refractivity contribution in [2.75, 3.05) is 26.3 Å². The van der Waals surface area contributed by atoms with Gasteiger partial charge in [0.15, 0.2) is 6.29 Å². The maximum absolute atomic E-state index is 12.0. The maximum Gasteiger partial charge on any atom is 0.407 e. The van der Waals surface area contributed by atoms with Crippen molar-refractivity contribution in [3.8, 4) is 11.1 Å². The first kappa shape index (κ1) is 30.9. The summed E-state index contributed by atoms with van der Waals surface area (Å²) >= 11 is 0. The Morgan fingerprint density at radius 1 is 1.05 bits per heavy atom. The van der Waals surface area contributed by atoms with Crippen LogP contribution in [0.4, 0.5) is 4.79 Å². The smallest absolute Gasteiger partial charge is 0.407 e. The highest BCUT2D eigenvalue weighted by Gasteiger charge is 2.40. The van der Waals surface area contributed by atoms with E-state index >= 15 is 0 Å². The largest absolute Gasteiger partial charge is 0.445 e. The van der Waals surface area contributed by atoms with Gasteiger partial charge in [-0.1, -0.05) is 92.4 Å². The van der Waals surface area contributed by atoms with Gasteiger partial charge in [-0.05, 0) is 47.2 Å². The van der Waals surface area contributed by atoms with E-state index in [0.29, 0.717) is 6.54 Å². The van der Waals surface area contributed by atoms with Crippen LogP contribution >= 0.6 is 0 Å². The summed E-state index contributed by atoms with van der Waals surface area (Å²) in [5.41, 5.74) is 5.83. The number of nitrogens with one attached hydrogen (secondary N) is 1. The topological polar surface area (TPSA) is 100 Å². The summed E-state index contributed by atoms with van der Waals surface area (Å²) in [5.74, 6) is 0.0768. The molecule has 228 valence electrons. The molecule has 2 aliphatic heterocycles. The lowest BCUT2D eigenvalue weighted by molar-refractivity contribution is -0.276. The highest BCUT2D eigenvalue weighted by Crippen LogP contribution is 2.42. The Morgan fingerprint density at radius 2 is 1.79 bits per heavy atom. The number of ether oxygens (including phenoxy) is 3. The molecular formula is C35H42N2O6. The Morgan fingerprint density at radius 3 is 2.51 bits per heavy atom. The van der Waals surface area contributed by atoms with Crippen molar-refractivity contribution in [2.45, 2.75) is 57.5 Å². The molecule has 2 heterocycles. The summed E-state index contributed by atoms with van der Waals surface area (Å²) in [7, 11) is 0. The van der Waals surface area contributed by atoms with Gasteiger partial charge in [0.25, 0.3) is 0 Å². The summed E-state index contributed by atoms with van der Waals surface area (Å²) in [5, 5.41) is 22.2. The van der Waals surface area contributed by atoms with E-state index in [1.807, 2.05) is 60.7 Å². The van der Waals surface area contributed by atoms with Crippen molar-refractivity contribution < 1.29 is 29.2 Å². The molecule has 0 spiro atoms. The lowest BCUT2D eigenvalue weighted by Crippen LogP contribution is -2.46. The number of hydrogen-bond donors (Lipinski definition) is 3. The molecule has 3 aromatic carbocycles. The summed E-state index contributed by atoms with van der Waals surface area (Å²) in [4.78, 5) is 14.3. The third kappa shape index (κ3) is 7.52. The van der Waals surface area contributed by atoms with Gasteiger partial charge >= 0.3 is 6.09 Å². The number of carbonyl (C=O) groups excluding carboxylic acids is 1. The number of benzene rings is 3. The lowest BCUT2D eigenvalue weighted by Gasteiger charge is -2.43. The molecule has 3 aromatic rings. The minimum absolute atomic E-state index is 0.00182. The summed E-state index contributed by atoms with van der Waals surface area (Å²) in [6.07, 6.45) is 2.26. The predicted molar refractivity (Wildman–Crippen MR) is 165 cm³/mol. The standard InChI is InChI=1S/C35H42N2O6/c1-3-19-41-35(40)36-20-29-7-4-5-9-31(29)26-14-16-28(17-15-26)34-42-32(21-37-18-6-8-30(37)23-39)24(2)33(43-34)27-12-10-25(22-38)11-13-27/h3-5,7,9-17,24,30,32-34,38-39H,1,6,8,18-23H2,2H3,(H,36,40)/t24-,30+,32+,33+,34+/m1/s1. The minimum Gasteiger partial charge on any atom is -0.445 e. The Balaban J connectivity index is 1.36. The Kier molecular flexibility index (Phi) is 10.6. The monoisotopic (exact) mass is 586 g/mol. The highest BCUT2D eigenvalue weighted by molar-refractivity contribution is 5.70. The number of aliphatic hydroxyl groups excluding tert-OH is 2. The van der Waals surface area contributed by atoms with E-state index in [-0.39, 0.29) is 44.0 Å². The third-order valence-corrected chi connectivity index (χ3v) is 8.51. The van der Waals surface area contributed by atoms with Crippen molar-refractivity contribution in [1.29, 1.82) is 0 Å². The van der Waals surface area contributed by atoms with Crippen LogP contribution in [-0.4, -0.2) is 59.7 Å². The zero-order valence-corrected chi connectivity index (χ0v) is 24.7. The molecule has 0 unspecified atom stereocenters. The molecule has 2 fully saturated rings. The molecular weight excluding hydrogens is 544 g/mol. The van der Waals surface area contributed by atoms with Gasteiger partial charge in [-0.25, -0.2) is 4.79 Å². The molecule has 8 nitrogen and oxygen atoms in total. The van der Waals surface area contributed by atoms with Crippen LogP contribution in [0.1, 0.15) is 54.4 Å². The Bertz CT molecular complexity index is 1350. The molecule has 0 aliphatic carbocycles. The van der Waals surface area contributed by atoms with Crippen molar-refractivity contribution in [1.82, 2.24) is 10.2 Å². The van der Waals surface area contributed by atoms with E-state index in [1.54, 1.807) is 0 Å². The van der Waals surface area contributed by atoms with E-state index in [0.717, 1.165) is 59.3 Å². The first-order chi connectivity index (χ1) is 21.0. The minimum atomic E-state index is -0.565. The summed E-state index contributed by atoms with van der Waals surface area (Å²) in [6.45, 7) is 8.06. The second-order valence-corrected chi connectivity index (χ2v) is 11.3. The van der Waals surface area contributed by atoms with Crippen molar-refractivity contribution >= 4 is 6.09 Å². The Labute approximate surface area is 253 Å². The van der Waals surface area contributed by atoms with Crippen LogP contribution in [0.2, 0.25) is 0 Å². The average Bonchev–Trinajstić information content (AvgIpc) is 3.51. The van der Waals surface area contributed by atoms with Crippen molar-refractivity contribution in [3.63, 3.8) is 0 Å². The van der Waals surface area contributed by atoms with Gasteiger partial charge in [0.1, 0.15) is 6.61 Å². The van der Waals surface area contributed by atoms with Crippen LogP contribution < -0.4 is 5.32 Å². The summed E-state index contributed by atoms with van der Waals surface area (Å²) in [6, 6.07) is 24.2. The number of likely N-dealkylation sites (tertiary alicyclic amines) is 1. The molecule has 1 amide bonds. The third-order valence-electron chi connectivity index (χ3n) is 8.51. The number of rotatable bonds is 11. The van der Waals surface area contributed by atoms with E-state index in [9.17, 15) is 15.0 Å². The van der Waals surface area contributed by atoms with Gasteiger partial charge < -0.3 is 29.7 Å². The van der Waals surface area contributed by atoms with Crippen LogP contribution in [0.5, 0.6) is 0 Å². The zero-order valence-electron chi connectivity index (χ0n) is 24.7. The first-order valence-corrected chi connectivity index (χ1v) is 15.1. The van der Waals surface area contributed by atoms with E-state index in [4.69, 9.17) is 14.2 Å². The fourth-order valence-corrected chi connectivity index (χ4v) is 6.03. The number of amides is 1. The van der Waals surface area contributed by atoms with Crippen LogP contribution in [-0.2, 0) is 27.4 Å². The fourth-order valence-electron chi connectivity index (χ4n) is 6.03. The van der Waals surface area contributed by atoms with Gasteiger partial charge in [-0.3, -0.25) is 4.90 Å². The molecule has 2 saturated heterocycles. The summed E-state index contributed by atoms with van der Waals surface area (Å²) < 4.78 is 18.3. The van der Waals surface area contributed by atoms with Crippen LogP contribution in [0.3, 0.4) is 0 Å². The average molecular weight is 587 g/mol. The van der Waals surface area contributed by atoms with Gasteiger partial charge in [0.2, 0.25) is 0 Å². The van der Waals surface area contributed by atoms with Crippen LogP contribution in [0, 0.1) is 5.92 Å². The molecule has 43 heavy (non-hydrogen) atoms. The molecule has 0 radical (unpaired) electrons. The molecule has 0 saturated carbocycles. The van der Waals surface area contributed by atoms with Gasteiger partial charge in [-0.2, -0.15) is 0 Å². The van der Waals surface area contributed by atoms with Crippen LogP contribution in [0.15, 0.2) is 85.5 Å². The van der Waals surface area contributed by atoms with E-state index < -0.39 is 12.4 Å². The second kappa shape index (κ2) is 14.8. The van der Waals surface area contributed by atoms with Gasteiger partial charge in [0, 0.05) is 30.6 Å². The molecule has 2 aliphatic rings. The van der Waals surface area contributed by atoms with Gasteiger partial charge in [-0.15, -0.1) is 0 Å². The number of carbonyl (C=O) groups is 1. The van der Waals surface area contributed by atoms with Crippen molar-refractivity contribution in [2.24, 2.45) is 5.92 Å². The molecule has 5 atom stereocenters. The van der Waals surface area contributed by atoms with Gasteiger partial charge in [0.05, 0.1) is 25.4 Å². The fraction of sp³-hybridized carbons (Fsp3) is 0.400. The highest BCUT2D eigenvalue weighted by atomic mass is 16.7. The molecule has 0 bridgehead atoms. The second-order valence-electron chi connectivity index (χ2n) is 11.3. The number of hydrogen-bond acceptors (Lipinski definition) is 7. The number of aliphatic hydroxyl groups is 2. The normalized spacial score (nSPS) is 24.0. The van der Waals surface area contributed by atoms with Crippen molar-refractivity contribution in [3.05, 3.63) is 108 Å². The predicted octanol–water partition coefficient (Wildman–Crippen LogP) is 5.51. The van der Waals surface area contributed by atoms with Crippen LogP contribution in [0.25, 0.3) is 11.1 Å². The molecule has 8 heteroatoms. The number of alkyl carbamates (subject to hydrolysis) is 1. The molecule has 0 aromatic heterocycles. The first-order valence-electron chi connectivity index (χ1n) is 15.1. The quantitative estimate of drug-likeness (QED) is 0.255.